The van der Waals surface area contributed by atoms with E-state index < -0.39 is 9.84 Å². The Labute approximate surface area is 170 Å². The Kier molecular flexibility index (Phi) is 7.85. The molecule has 3 atom stereocenters. The van der Waals surface area contributed by atoms with E-state index in [1.165, 1.54) is 32.1 Å². The average Bonchev–Trinajstić information content (AvgIpc) is 3.15. The Bertz CT molecular complexity index is 561. The van der Waals surface area contributed by atoms with Gasteiger partial charge in [-0.1, -0.05) is 26.7 Å². The van der Waals surface area contributed by atoms with Gasteiger partial charge in [0, 0.05) is 25.7 Å². The van der Waals surface area contributed by atoms with Crippen molar-refractivity contribution in [3.8, 4) is 0 Å². The molecule has 7 heteroatoms. The van der Waals surface area contributed by atoms with Crippen molar-refractivity contribution < 1.29 is 8.42 Å². The molecule has 2 heterocycles. The summed E-state index contributed by atoms with van der Waals surface area (Å²) in [6.45, 7) is 7.44. The third kappa shape index (κ3) is 5.97. The second kappa shape index (κ2) is 9.24. The van der Waals surface area contributed by atoms with Gasteiger partial charge >= 0.3 is 0 Å². The van der Waals surface area contributed by atoms with E-state index >= 15 is 0 Å². The van der Waals surface area contributed by atoms with E-state index in [9.17, 15) is 8.42 Å². The van der Waals surface area contributed by atoms with Crippen LogP contribution in [-0.2, 0) is 9.84 Å². The Hall–Kier alpha value is -0.0500. The van der Waals surface area contributed by atoms with Gasteiger partial charge in [-0.05, 0) is 43.4 Å². The maximum atomic E-state index is 11.7. The molecular formula is C18H34IN3O2S. The zero-order chi connectivity index (χ0) is 17.2. The first-order chi connectivity index (χ1) is 11.4. The van der Waals surface area contributed by atoms with E-state index in [0.29, 0.717) is 30.0 Å². The number of piperidine rings is 1. The third-order valence-electron chi connectivity index (χ3n) is 6.15. The summed E-state index contributed by atoms with van der Waals surface area (Å²) in [5.41, 5.74) is 0. The van der Waals surface area contributed by atoms with E-state index in [-0.39, 0.29) is 29.9 Å². The largest absolute Gasteiger partial charge is 0.354 e. The van der Waals surface area contributed by atoms with Crippen molar-refractivity contribution in [1.82, 2.24) is 10.2 Å². The Balaban J connectivity index is 0.00000225. The van der Waals surface area contributed by atoms with E-state index in [1.54, 1.807) is 0 Å². The maximum absolute atomic E-state index is 11.7. The normalized spacial score (nSPS) is 33.3. The van der Waals surface area contributed by atoms with Crippen molar-refractivity contribution >= 4 is 39.8 Å². The van der Waals surface area contributed by atoms with Crippen LogP contribution in [0.1, 0.15) is 52.4 Å². The predicted molar refractivity (Wildman–Crippen MR) is 114 cm³/mol. The summed E-state index contributed by atoms with van der Waals surface area (Å²) >= 11 is 0. The summed E-state index contributed by atoms with van der Waals surface area (Å²) in [4.78, 5) is 7.29. The van der Waals surface area contributed by atoms with Crippen LogP contribution in [0.2, 0.25) is 0 Å². The second-order valence-corrected chi connectivity index (χ2v) is 10.5. The van der Waals surface area contributed by atoms with Crippen LogP contribution in [0.5, 0.6) is 0 Å². The summed E-state index contributed by atoms with van der Waals surface area (Å²) in [7, 11) is -2.81. The summed E-state index contributed by atoms with van der Waals surface area (Å²) < 4.78 is 23.3. The molecule has 1 N–H and O–H groups in total. The highest BCUT2D eigenvalue weighted by molar-refractivity contribution is 14.0. The molecule has 3 rings (SSSR count). The number of aliphatic imine (C=N–C) groups is 1. The van der Waals surface area contributed by atoms with Crippen LogP contribution in [0.15, 0.2) is 4.99 Å². The first-order valence-corrected chi connectivity index (χ1v) is 11.5. The second-order valence-electron chi connectivity index (χ2n) is 8.25. The molecule has 146 valence electrons. The molecule has 0 amide bonds. The molecule has 5 nitrogen and oxygen atoms in total. The Morgan fingerprint density at radius 1 is 1.12 bits per heavy atom. The minimum absolute atomic E-state index is 0. The van der Waals surface area contributed by atoms with E-state index in [1.807, 2.05) is 0 Å². The number of nitrogens with zero attached hydrogens (tertiary/aromatic N) is 2. The van der Waals surface area contributed by atoms with Gasteiger partial charge in [-0.25, -0.2) is 8.42 Å². The number of hydrogen-bond acceptors (Lipinski definition) is 3. The topological polar surface area (TPSA) is 61.8 Å². The molecule has 0 aromatic heterocycles. The number of nitrogens with one attached hydrogen (secondary N) is 1. The van der Waals surface area contributed by atoms with Gasteiger partial charge in [0.25, 0.3) is 0 Å². The van der Waals surface area contributed by atoms with Gasteiger partial charge in [-0.15, -0.1) is 24.0 Å². The molecule has 25 heavy (non-hydrogen) atoms. The highest BCUT2D eigenvalue weighted by Crippen LogP contribution is 2.24. The average molecular weight is 483 g/mol. The molecule has 0 spiro atoms. The van der Waals surface area contributed by atoms with Crippen LogP contribution >= 0.6 is 24.0 Å². The fourth-order valence-electron chi connectivity index (χ4n) is 4.18. The van der Waals surface area contributed by atoms with Crippen LogP contribution in [0.25, 0.3) is 0 Å². The van der Waals surface area contributed by atoms with Gasteiger partial charge in [0.05, 0.1) is 11.5 Å². The van der Waals surface area contributed by atoms with E-state index in [4.69, 9.17) is 4.99 Å². The molecule has 3 fully saturated rings. The quantitative estimate of drug-likeness (QED) is 0.381. The molecule has 0 aromatic carbocycles. The highest BCUT2D eigenvalue weighted by Gasteiger charge is 2.29. The van der Waals surface area contributed by atoms with Crippen molar-refractivity contribution in [2.75, 3.05) is 31.1 Å². The number of halogens is 1. The Morgan fingerprint density at radius 3 is 2.44 bits per heavy atom. The van der Waals surface area contributed by atoms with Gasteiger partial charge in [-0.3, -0.25) is 4.99 Å². The van der Waals surface area contributed by atoms with Crippen LogP contribution in [0.3, 0.4) is 0 Å². The predicted octanol–water partition coefficient (Wildman–Crippen LogP) is 2.91. The van der Waals surface area contributed by atoms with Gasteiger partial charge in [0.15, 0.2) is 15.8 Å². The number of guanidine groups is 1. The first kappa shape index (κ1) is 21.3. The summed E-state index contributed by atoms with van der Waals surface area (Å²) in [6.07, 6.45) is 7.06. The lowest BCUT2D eigenvalue weighted by Gasteiger charge is -2.38. The molecule has 0 bridgehead atoms. The van der Waals surface area contributed by atoms with Crippen molar-refractivity contribution in [3.63, 3.8) is 0 Å². The minimum Gasteiger partial charge on any atom is -0.354 e. The summed E-state index contributed by atoms with van der Waals surface area (Å²) in [5.74, 6) is 3.36. The van der Waals surface area contributed by atoms with Crippen LogP contribution < -0.4 is 5.32 Å². The molecule has 1 saturated carbocycles. The van der Waals surface area contributed by atoms with Crippen LogP contribution in [-0.4, -0.2) is 56.5 Å². The molecule has 2 saturated heterocycles. The maximum Gasteiger partial charge on any atom is 0.194 e. The van der Waals surface area contributed by atoms with Gasteiger partial charge in [0.1, 0.15) is 0 Å². The zero-order valence-corrected chi connectivity index (χ0v) is 18.8. The third-order valence-corrected chi connectivity index (χ3v) is 7.99. The lowest BCUT2D eigenvalue weighted by Crippen LogP contribution is -2.50. The molecular weight excluding hydrogens is 449 g/mol. The lowest BCUT2D eigenvalue weighted by molar-refractivity contribution is 0.198. The van der Waals surface area contributed by atoms with Crippen molar-refractivity contribution in [2.24, 2.45) is 22.7 Å². The van der Waals surface area contributed by atoms with Gasteiger partial charge < -0.3 is 10.2 Å². The van der Waals surface area contributed by atoms with Crippen molar-refractivity contribution in [1.29, 1.82) is 0 Å². The van der Waals surface area contributed by atoms with Crippen LogP contribution in [0, 0.1) is 17.8 Å². The lowest BCUT2D eigenvalue weighted by atomic mass is 9.89. The molecule has 3 unspecified atom stereocenters. The molecule has 0 aromatic rings. The highest BCUT2D eigenvalue weighted by atomic mass is 127. The molecule has 0 radical (unpaired) electrons. The summed E-state index contributed by atoms with van der Waals surface area (Å²) in [6, 6.07) is 0.547. The Morgan fingerprint density at radius 2 is 1.84 bits per heavy atom. The van der Waals surface area contributed by atoms with Crippen molar-refractivity contribution in [2.45, 2.75) is 58.4 Å². The van der Waals surface area contributed by atoms with Crippen LogP contribution in [0.4, 0.5) is 0 Å². The van der Waals surface area contributed by atoms with E-state index in [0.717, 1.165) is 31.4 Å². The monoisotopic (exact) mass is 483 g/mol. The zero-order valence-electron chi connectivity index (χ0n) is 15.6. The number of rotatable bonds is 3. The van der Waals surface area contributed by atoms with Gasteiger partial charge in [0.2, 0.25) is 0 Å². The SMILES string of the molecule is CC1CCN(C(=NCC2CCS(=O)(=O)C2)NC2CCCC2)CC1C.I. The fraction of sp³-hybridized carbons (Fsp3) is 0.944. The minimum atomic E-state index is -2.81. The van der Waals surface area contributed by atoms with Crippen molar-refractivity contribution in [3.05, 3.63) is 0 Å². The summed E-state index contributed by atoms with van der Waals surface area (Å²) in [5, 5.41) is 3.69. The molecule has 2 aliphatic heterocycles. The van der Waals surface area contributed by atoms with E-state index in [2.05, 4.69) is 24.1 Å². The smallest absolute Gasteiger partial charge is 0.194 e. The number of sulfone groups is 1. The molecule has 1 aliphatic carbocycles. The van der Waals surface area contributed by atoms with Gasteiger partial charge in [-0.2, -0.15) is 0 Å². The number of hydrogen-bond donors (Lipinski definition) is 1. The standard InChI is InChI=1S/C18H33N3O2S.HI/c1-14-7-9-21(12-15(14)2)18(20-17-5-3-4-6-17)19-11-16-8-10-24(22,23)13-16;/h14-17H,3-13H2,1-2H3,(H,19,20);1H. The molecule has 3 aliphatic rings. The fourth-order valence-corrected chi connectivity index (χ4v) is 6.03. The number of likely N-dealkylation sites (tertiary alicyclic amines) is 1. The first-order valence-electron chi connectivity index (χ1n) is 9.69.